The number of rotatable bonds is 5. The Kier molecular flexibility index (Phi) is 5.64. The summed E-state index contributed by atoms with van der Waals surface area (Å²) in [5.74, 6) is 1.06. The Bertz CT molecular complexity index is 589. The number of piperidine rings is 2. The van der Waals surface area contributed by atoms with Gasteiger partial charge in [0.15, 0.2) is 0 Å². The second-order valence-electron chi connectivity index (χ2n) is 7.56. The molecule has 1 aromatic rings. The fourth-order valence-corrected chi connectivity index (χ4v) is 4.44. The summed E-state index contributed by atoms with van der Waals surface area (Å²) in [7, 11) is 3.78. The average molecular weight is 346 g/mol. The quantitative estimate of drug-likeness (QED) is 0.885. The van der Waals surface area contributed by atoms with Crippen molar-refractivity contribution < 1.29 is 14.6 Å². The number of carbonyl (C=O) groups is 1. The Balaban J connectivity index is 1.57. The third-order valence-corrected chi connectivity index (χ3v) is 6.15. The molecule has 0 saturated carbocycles. The number of methoxy groups -OCH3 is 1. The Morgan fingerprint density at radius 2 is 2.04 bits per heavy atom. The lowest BCUT2D eigenvalue weighted by molar-refractivity contribution is -0.139. The average Bonchev–Trinajstić information content (AvgIpc) is 2.66. The summed E-state index contributed by atoms with van der Waals surface area (Å²) in [5.41, 5.74) is 1.14. The van der Waals surface area contributed by atoms with Crippen molar-refractivity contribution in [2.75, 3.05) is 40.4 Å². The van der Waals surface area contributed by atoms with Crippen molar-refractivity contribution in [3.05, 3.63) is 29.8 Å². The van der Waals surface area contributed by atoms with Crippen LogP contribution in [-0.4, -0.2) is 67.3 Å². The molecular weight excluding hydrogens is 316 g/mol. The molecule has 0 aliphatic carbocycles. The van der Waals surface area contributed by atoms with Gasteiger partial charge in [0.25, 0.3) is 0 Å². The SMILES string of the molecule is COc1ccc(CCC(=O)N2CC[C@@]3(CO)CCCN(C)[C@@H]3C2)cc1. The minimum Gasteiger partial charge on any atom is -0.497 e. The molecule has 0 radical (unpaired) electrons. The number of likely N-dealkylation sites (N-methyl/N-ethyl adjacent to an activating group) is 1. The molecule has 2 aliphatic heterocycles. The first-order chi connectivity index (χ1) is 12.1. The van der Waals surface area contributed by atoms with Gasteiger partial charge in [-0.15, -0.1) is 0 Å². The van der Waals surface area contributed by atoms with Crippen LogP contribution in [0.25, 0.3) is 0 Å². The lowest BCUT2D eigenvalue weighted by atomic mass is 9.69. The molecule has 0 spiro atoms. The van der Waals surface area contributed by atoms with E-state index in [1.807, 2.05) is 29.2 Å². The van der Waals surface area contributed by atoms with Crippen molar-refractivity contribution >= 4 is 5.91 Å². The Morgan fingerprint density at radius 3 is 2.72 bits per heavy atom. The van der Waals surface area contributed by atoms with Gasteiger partial charge in [-0.2, -0.15) is 0 Å². The van der Waals surface area contributed by atoms with Crippen LogP contribution < -0.4 is 4.74 Å². The van der Waals surface area contributed by atoms with Crippen LogP contribution in [0.3, 0.4) is 0 Å². The first-order valence-corrected chi connectivity index (χ1v) is 9.30. The van der Waals surface area contributed by atoms with Crippen LogP contribution in [0.15, 0.2) is 24.3 Å². The zero-order valence-corrected chi connectivity index (χ0v) is 15.4. The van der Waals surface area contributed by atoms with Gasteiger partial charge in [0.2, 0.25) is 5.91 Å². The molecule has 1 N–H and O–H groups in total. The summed E-state index contributed by atoms with van der Waals surface area (Å²) in [6.07, 6.45) is 4.41. The maximum Gasteiger partial charge on any atom is 0.222 e. The van der Waals surface area contributed by atoms with Crippen LogP contribution in [0.5, 0.6) is 5.75 Å². The number of aryl methyl sites for hydroxylation is 1. The fraction of sp³-hybridized carbons (Fsp3) is 0.650. The highest BCUT2D eigenvalue weighted by atomic mass is 16.5. The monoisotopic (exact) mass is 346 g/mol. The summed E-state index contributed by atoms with van der Waals surface area (Å²) in [6, 6.07) is 8.20. The summed E-state index contributed by atoms with van der Waals surface area (Å²) in [4.78, 5) is 17.0. The third kappa shape index (κ3) is 3.82. The summed E-state index contributed by atoms with van der Waals surface area (Å²) in [6.45, 7) is 2.81. The lowest BCUT2D eigenvalue weighted by Gasteiger charge is -2.53. The van der Waals surface area contributed by atoms with Gasteiger partial charge in [0.1, 0.15) is 5.75 Å². The number of ether oxygens (including phenoxy) is 1. The van der Waals surface area contributed by atoms with Crippen molar-refractivity contribution in [2.24, 2.45) is 5.41 Å². The number of aliphatic hydroxyl groups is 1. The van der Waals surface area contributed by atoms with E-state index in [0.29, 0.717) is 6.42 Å². The molecule has 2 aliphatic rings. The highest BCUT2D eigenvalue weighted by molar-refractivity contribution is 5.76. The van der Waals surface area contributed by atoms with Gasteiger partial charge in [-0.05, 0) is 57.0 Å². The zero-order chi connectivity index (χ0) is 17.9. The van der Waals surface area contributed by atoms with E-state index in [1.165, 1.54) is 0 Å². The van der Waals surface area contributed by atoms with Gasteiger partial charge in [-0.3, -0.25) is 4.79 Å². The highest BCUT2D eigenvalue weighted by Crippen LogP contribution is 2.41. The number of aliphatic hydroxyl groups excluding tert-OH is 1. The Labute approximate surface area is 150 Å². The summed E-state index contributed by atoms with van der Waals surface area (Å²) in [5, 5.41) is 9.97. The first kappa shape index (κ1) is 18.2. The number of benzene rings is 1. The predicted octanol–water partition coefficient (Wildman–Crippen LogP) is 1.93. The molecule has 2 atom stereocenters. The number of hydrogen-bond acceptors (Lipinski definition) is 4. The van der Waals surface area contributed by atoms with Gasteiger partial charge in [-0.25, -0.2) is 0 Å². The van der Waals surface area contributed by atoms with Crippen LogP contribution in [0.4, 0.5) is 0 Å². The summed E-state index contributed by atoms with van der Waals surface area (Å²) < 4.78 is 5.17. The topological polar surface area (TPSA) is 53.0 Å². The van der Waals surface area contributed by atoms with E-state index in [0.717, 1.165) is 56.6 Å². The molecule has 2 fully saturated rings. The van der Waals surface area contributed by atoms with Crippen LogP contribution in [0.1, 0.15) is 31.2 Å². The summed E-state index contributed by atoms with van der Waals surface area (Å²) >= 11 is 0. The van der Waals surface area contributed by atoms with E-state index in [2.05, 4.69) is 11.9 Å². The number of hydrogen-bond donors (Lipinski definition) is 1. The number of fused-ring (bicyclic) bond motifs is 1. The van der Waals surface area contributed by atoms with Crippen LogP contribution in [0.2, 0.25) is 0 Å². The first-order valence-electron chi connectivity index (χ1n) is 9.30. The molecule has 1 aromatic carbocycles. The van der Waals surface area contributed by atoms with Crippen molar-refractivity contribution in [1.29, 1.82) is 0 Å². The van der Waals surface area contributed by atoms with E-state index in [9.17, 15) is 9.90 Å². The van der Waals surface area contributed by atoms with Gasteiger partial charge in [0, 0.05) is 31.0 Å². The molecule has 138 valence electrons. The molecule has 5 heteroatoms. The van der Waals surface area contributed by atoms with E-state index in [-0.39, 0.29) is 24.0 Å². The van der Waals surface area contributed by atoms with Crippen molar-refractivity contribution in [1.82, 2.24) is 9.80 Å². The van der Waals surface area contributed by atoms with Crippen molar-refractivity contribution in [3.63, 3.8) is 0 Å². The minimum absolute atomic E-state index is 0.0141. The fourth-order valence-electron chi connectivity index (χ4n) is 4.44. The van der Waals surface area contributed by atoms with Crippen LogP contribution >= 0.6 is 0 Å². The van der Waals surface area contributed by atoms with Gasteiger partial charge in [0.05, 0.1) is 13.7 Å². The molecule has 25 heavy (non-hydrogen) atoms. The highest BCUT2D eigenvalue weighted by Gasteiger charge is 2.47. The van der Waals surface area contributed by atoms with Crippen molar-refractivity contribution in [2.45, 2.75) is 38.1 Å². The smallest absolute Gasteiger partial charge is 0.222 e. The molecule has 2 saturated heterocycles. The number of carbonyl (C=O) groups excluding carboxylic acids is 1. The molecule has 2 heterocycles. The van der Waals surface area contributed by atoms with Crippen molar-refractivity contribution in [3.8, 4) is 5.75 Å². The molecule has 5 nitrogen and oxygen atoms in total. The molecule has 0 unspecified atom stereocenters. The Morgan fingerprint density at radius 1 is 1.28 bits per heavy atom. The number of amides is 1. The Hall–Kier alpha value is -1.59. The van der Waals surface area contributed by atoms with Gasteiger partial charge < -0.3 is 19.6 Å². The maximum atomic E-state index is 12.7. The minimum atomic E-state index is -0.0141. The normalized spacial score (nSPS) is 27.0. The lowest BCUT2D eigenvalue weighted by Crippen LogP contribution is -2.62. The molecule has 0 aromatic heterocycles. The largest absolute Gasteiger partial charge is 0.497 e. The van der Waals surface area contributed by atoms with E-state index in [4.69, 9.17) is 4.74 Å². The van der Waals surface area contributed by atoms with Gasteiger partial charge in [-0.1, -0.05) is 12.1 Å². The zero-order valence-electron chi connectivity index (χ0n) is 15.4. The molecule has 3 rings (SSSR count). The molecule has 1 amide bonds. The number of likely N-dealkylation sites (tertiary alicyclic amines) is 2. The van der Waals surface area contributed by atoms with Gasteiger partial charge >= 0.3 is 0 Å². The third-order valence-electron chi connectivity index (χ3n) is 6.15. The van der Waals surface area contributed by atoms with E-state index in [1.54, 1.807) is 7.11 Å². The second-order valence-corrected chi connectivity index (χ2v) is 7.56. The second kappa shape index (κ2) is 7.75. The molecular formula is C20H30N2O3. The van der Waals surface area contributed by atoms with Crippen LogP contribution in [0, 0.1) is 5.41 Å². The van der Waals surface area contributed by atoms with E-state index >= 15 is 0 Å². The predicted molar refractivity (Wildman–Crippen MR) is 97.7 cm³/mol. The molecule has 0 bridgehead atoms. The van der Waals surface area contributed by atoms with Crippen LogP contribution in [-0.2, 0) is 11.2 Å². The standard InChI is InChI=1S/C20H30N2O3/c1-21-12-3-10-20(15-23)11-13-22(14-18(20)21)19(24)9-6-16-4-7-17(25-2)8-5-16/h4-5,7-8,18,23H,3,6,9-15H2,1-2H3/t18-,20-/m1/s1. The van der Waals surface area contributed by atoms with E-state index < -0.39 is 0 Å². The number of nitrogens with zero attached hydrogens (tertiary/aromatic N) is 2. The maximum absolute atomic E-state index is 12.7.